The van der Waals surface area contributed by atoms with Crippen molar-refractivity contribution in [3.63, 3.8) is 0 Å². The summed E-state index contributed by atoms with van der Waals surface area (Å²) in [6, 6.07) is 8.42. The van der Waals surface area contributed by atoms with Crippen LogP contribution in [0.5, 0.6) is 5.75 Å². The molecular weight excluding hydrogens is 308 g/mol. The van der Waals surface area contributed by atoms with Gasteiger partial charge in [-0.2, -0.15) is 0 Å². The second-order valence-corrected chi connectivity index (χ2v) is 8.84. The lowest BCUT2D eigenvalue weighted by atomic mass is 9.52. The highest BCUT2D eigenvalue weighted by atomic mass is 16.5. The number of rotatable bonds is 3. The van der Waals surface area contributed by atoms with E-state index < -0.39 is 0 Å². The maximum absolute atomic E-state index is 5.59. The van der Waals surface area contributed by atoms with Crippen molar-refractivity contribution in [2.45, 2.75) is 68.9 Å². The molecule has 1 aromatic rings. The molecule has 136 valence electrons. The average molecular weight is 341 g/mol. The molecule has 2 aliphatic carbocycles. The average Bonchev–Trinajstić information content (AvgIpc) is 3.17. The lowest BCUT2D eigenvalue weighted by Gasteiger charge is -2.59. The number of piperidine rings is 1. The number of benzene rings is 1. The number of methoxy groups -OCH3 is 1. The number of nitrogens with zero attached hydrogens (tertiary/aromatic N) is 1. The van der Waals surface area contributed by atoms with E-state index in [1.165, 1.54) is 71.0 Å². The van der Waals surface area contributed by atoms with Gasteiger partial charge in [-0.05, 0) is 80.8 Å². The van der Waals surface area contributed by atoms with Crippen molar-refractivity contribution in [1.29, 1.82) is 0 Å². The molecule has 0 spiro atoms. The molecule has 4 atom stereocenters. The predicted octanol–water partition coefficient (Wildman–Crippen LogP) is 3.51. The first-order valence-electron chi connectivity index (χ1n) is 10.4. The third kappa shape index (κ3) is 2.54. The fourth-order valence-corrected chi connectivity index (χ4v) is 6.61. The summed E-state index contributed by atoms with van der Waals surface area (Å²) in [7, 11) is 1.81. The first kappa shape index (κ1) is 16.1. The highest BCUT2D eigenvalue weighted by Crippen LogP contribution is 2.56. The Labute approximate surface area is 152 Å². The standard InChI is InChI=1S/C22H32N2O/c1-25-18-8-7-16-13-21-19-6-2-3-9-22(19,20(16)14-18)10-12-24(21)15-17-5-4-11-23-17/h7-8,14,17,19,21,23H,2-6,9-13,15H2,1H3/t17?,19-,21+,22+/m1/s1. The van der Waals surface area contributed by atoms with Gasteiger partial charge in [0.15, 0.2) is 0 Å². The number of fused-ring (bicyclic) bond motifs is 1. The first-order chi connectivity index (χ1) is 12.3. The molecule has 4 aliphatic rings. The second kappa shape index (κ2) is 6.28. The van der Waals surface area contributed by atoms with Gasteiger partial charge in [0.1, 0.15) is 5.75 Å². The monoisotopic (exact) mass is 340 g/mol. The van der Waals surface area contributed by atoms with E-state index in [0.717, 1.165) is 23.8 Å². The van der Waals surface area contributed by atoms with Gasteiger partial charge in [0.2, 0.25) is 0 Å². The Morgan fingerprint density at radius 2 is 2.16 bits per heavy atom. The van der Waals surface area contributed by atoms with Crippen LogP contribution >= 0.6 is 0 Å². The highest BCUT2D eigenvalue weighted by Gasteiger charge is 2.53. The van der Waals surface area contributed by atoms with Crippen molar-refractivity contribution < 1.29 is 4.74 Å². The van der Waals surface area contributed by atoms with Crippen molar-refractivity contribution >= 4 is 0 Å². The van der Waals surface area contributed by atoms with Gasteiger partial charge in [0.25, 0.3) is 0 Å². The lowest BCUT2D eigenvalue weighted by molar-refractivity contribution is -0.0146. The van der Waals surface area contributed by atoms with Crippen molar-refractivity contribution in [2.75, 3.05) is 26.7 Å². The van der Waals surface area contributed by atoms with Crippen LogP contribution in [0.1, 0.15) is 56.1 Å². The maximum Gasteiger partial charge on any atom is 0.119 e. The molecule has 2 aliphatic heterocycles. The molecule has 2 heterocycles. The zero-order valence-electron chi connectivity index (χ0n) is 15.6. The fourth-order valence-electron chi connectivity index (χ4n) is 6.61. The minimum Gasteiger partial charge on any atom is -0.497 e. The largest absolute Gasteiger partial charge is 0.497 e. The van der Waals surface area contributed by atoms with Gasteiger partial charge in [-0.1, -0.05) is 18.9 Å². The second-order valence-electron chi connectivity index (χ2n) is 8.84. The van der Waals surface area contributed by atoms with Crippen LogP contribution in [0.25, 0.3) is 0 Å². The normalized spacial score (nSPS) is 37.4. The van der Waals surface area contributed by atoms with Crippen LogP contribution in [-0.4, -0.2) is 43.7 Å². The number of nitrogens with one attached hydrogen (secondary N) is 1. The van der Waals surface area contributed by atoms with Crippen molar-refractivity contribution in [2.24, 2.45) is 5.92 Å². The summed E-state index contributed by atoms with van der Waals surface area (Å²) < 4.78 is 5.59. The summed E-state index contributed by atoms with van der Waals surface area (Å²) in [6.07, 6.45) is 11.0. The molecule has 2 saturated heterocycles. The summed E-state index contributed by atoms with van der Waals surface area (Å²) in [5.74, 6) is 1.91. The minimum atomic E-state index is 0.435. The van der Waals surface area contributed by atoms with Crippen LogP contribution in [0.3, 0.4) is 0 Å². The SMILES string of the molecule is COc1ccc2c(c1)[C@]13CCCC[C@@H]1[C@H](C2)N(CC1CCCN1)CC3. The zero-order valence-corrected chi connectivity index (χ0v) is 15.6. The quantitative estimate of drug-likeness (QED) is 0.911. The summed E-state index contributed by atoms with van der Waals surface area (Å²) in [5, 5.41) is 3.72. The van der Waals surface area contributed by atoms with Gasteiger partial charge in [-0.15, -0.1) is 0 Å². The van der Waals surface area contributed by atoms with Gasteiger partial charge in [0, 0.05) is 24.0 Å². The number of hydrogen-bond donors (Lipinski definition) is 1. The molecule has 3 nitrogen and oxygen atoms in total. The van der Waals surface area contributed by atoms with E-state index in [4.69, 9.17) is 4.74 Å². The summed E-state index contributed by atoms with van der Waals surface area (Å²) in [5.41, 5.74) is 3.68. The molecule has 3 heteroatoms. The molecule has 5 rings (SSSR count). The number of ether oxygens (including phenoxy) is 1. The van der Waals surface area contributed by atoms with Gasteiger partial charge >= 0.3 is 0 Å². The van der Waals surface area contributed by atoms with E-state index in [-0.39, 0.29) is 0 Å². The Kier molecular flexibility index (Phi) is 4.05. The first-order valence-corrected chi connectivity index (χ1v) is 10.4. The Morgan fingerprint density at radius 1 is 1.20 bits per heavy atom. The predicted molar refractivity (Wildman–Crippen MR) is 101 cm³/mol. The van der Waals surface area contributed by atoms with E-state index in [1.807, 2.05) is 0 Å². The van der Waals surface area contributed by atoms with Crippen LogP contribution in [0.4, 0.5) is 0 Å². The van der Waals surface area contributed by atoms with E-state index in [2.05, 4.69) is 28.4 Å². The maximum atomic E-state index is 5.59. The molecule has 3 fully saturated rings. The molecule has 1 aromatic carbocycles. The van der Waals surface area contributed by atoms with Crippen LogP contribution in [0, 0.1) is 5.92 Å². The lowest BCUT2D eigenvalue weighted by Crippen LogP contribution is -2.62. The molecule has 25 heavy (non-hydrogen) atoms. The Morgan fingerprint density at radius 3 is 3.00 bits per heavy atom. The number of hydrogen-bond acceptors (Lipinski definition) is 3. The van der Waals surface area contributed by atoms with Crippen molar-refractivity contribution in [1.82, 2.24) is 10.2 Å². The molecule has 0 amide bonds. The smallest absolute Gasteiger partial charge is 0.119 e. The molecule has 1 unspecified atom stereocenters. The summed E-state index contributed by atoms with van der Waals surface area (Å²) in [6.45, 7) is 3.78. The van der Waals surface area contributed by atoms with E-state index in [0.29, 0.717) is 5.41 Å². The zero-order chi connectivity index (χ0) is 16.9. The van der Waals surface area contributed by atoms with Crippen LogP contribution < -0.4 is 10.1 Å². The van der Waals surface area contributed by atoms with E-state index >= 15 is 0 Å². The third-order valence-corrected chi connectivity index (χ3v) is 7.78. The van der Waals surface area contributed by atoms with Crippen molar-refractivity contribution in [3.05, 3.63) is 29.3 Å². The van der Waals surface area contributed by atoms with Gasteiger partial charge in [0.05, 0.1) is 7.11 Å². The van der Waals surface area contributed by atoms with Crippen LogP contribution in [-0.2, 0) is 11.8 Å². The number of likely N-dealkylation sites (tertiary alicyclic amines) is 1. The molecule has 0 aromatic heterocycles. The third-order valence-electron chi connectivity index (χ3n) is 7.78. The van der Waals surface area contributed by atoms with E-state index in [1.54, 1.807) is 18.2 Å². The van der Waals surface area contributed by atoms with E-state index in [9.17, 15) is 0 Å². The Bertz CT molecular complexity index is 639. The minimum absolute atomic E-state index is 0.435. The summed E-state index contributed by atoms with van der Waals surface area (Å²) >= 11 is 0. The molecular formula is C22H32N2O. The summed E-state index contributed by atoms with van der Waals surface area (Å²) in [4.78, 5) is 2.87. The highest BCUT2D eigenvalue weighted by molar-refractivity contribution is 5.45. The van der Waals surface area contributed by atoms with Crippen molar-refractivity contribution in [3.8, 4) is 5.75 Å². The molecule has 1 saturated carbocycles. The Balaban J connectivity index is 1.50. The van der Waals surface area contributed by atoms with Gasteiger partial charge in [-0.25, -0.2) is 0 Å². The van der Waals surface area contributed by atoms with Gasteiger partial charge < -0.3 is 10.1 Å². The van der Waals surface area contributed by atoms with Crippen LogP contribution in [0.15, 0.2) is 18.2 Å². The van der Waals surface area contributed by atoms with Crippen LogP contribution in [0.2, 0.25) is 0 Å². The Hall–Kier alpha value is -1.06. The fraction of sp³-hybridized carbons (Fsp3) is 0.727. The van der Waals surface area contributed by atoms with Gasteiger partial charge in [-0.3, -0.25) is 4.90 Å². The topological polar surface area (TPSA) is 24.5 Å². The molecule has 0 radical (unpaired) electrons. The molecule has 2 bridgehead atoms. The molecule has 1 N–H and O–H groups in total.